The molecule has 0 aliphatic carbocycles. The summed E-state index contributed by atoms with van der Waals surface area (Å²) in [5.41, 5.74) is 0.468. The quantitative estimate of drug-likeness (QED) is 0.782. The number of rotatable bonds is 5. The van der Waals surface area contributed by atoms with E-state index in [-0.39, 0.29) is 30.1 Å². The lowest BCUT2D eigenvalue weighted by atomic mass is 10.1. The van der Waals surface area contributed by atoms with Crippen LogP contribution in [-0.2, 0) is 0 Å². The molecule has 0 radical (unpaired) electrons. The van der Waals surface area contributed by atoms with Gasteiger partial charge in [0.2, 0.25) is 0 Å². The minimum atomic E-state index is -0.626. The van der Waals surface area contributed by atoms with E-state index >= 15 is 0 Å². The normalized spacial score (nSPS) is 9.80. The third kappa shape index (κ3) is 3.21. The maximum absolute atomic E-state index is 13.3. The molecule has 0 amide bonds. The van der Waals surface area contributed by atoms with Gasteiger partial charge in [0.25, 0.3) is 0 Å². The maximum atomic E-state index is 13.3. The topological polar surface area (TPSA) is 50.1 Å². The summed E-state index contributed by atoms with van der Waals surface area (Å²) in [6.07, 6.45) is 0.172. The number of carbonyl (C=O) groups excluding carboxylic acids is 1. The summed E-state index contributed by atoms with van der Waals surface area (Å²) in [6, 6.07) is 14.8. The largest absolute Gasteiger partial charge is 0.492 e. The van der Waals surface area contributed by atoms with Crippen LogP contribution in [-0.4, -0.2) is 12.4 Å². The van der Waals surface area contributed by atoms with Crippen molar-refractivity contribution in [3.05, 3.63) is 65.5 Å². The van der Waals surface area contributed by atoms with E-state index in [0.717, 1.165) is 0 Å². The van der Waals surface area contributed by atoms with Crippen molar-refractivity contribution in [1.82, 2.24) is 0 Å². The zero-order valence-electron chi connectivity index (χ0n) is 10.7. The van der Waals surface area contributed by atoms with Crippen molar-refractivity contribution >= 4 is 5.78 Å². The predicted molar refractivity (Wildman–Crippen MR) is 72.0 cm³/mol. The van der Waals surface area contributed by atoms with Crippen LogP contribution in [0.3, 0.4) is 0 Å². The molecule has 0 N–H and O–H groups in total. The summed E-state index contributed by atoms with van der Waals surface area (Å²) in [4.78, 5) is 11.8. The highest BCUT2D eigenvalue weighted by Crippen LogP contribution is 2.20. The molecule has 0 saturated carbocycles. The fraction of sp³-hybridized carbons (Fsp3) is 0.125. The van der Waals surface area contributed by atoms with Gasteiger partial charge in [-0.25, -0.2) is 4.39 Å². The number of ketones is 1. The van der Waals surface area contributed by atoms with Gasteiger partial charge < -0.3 is 4.74 Å². The molecule has 0 aromatic heterocycles. The number of Topliss-reactive ketones (excluding diaryl/α,β-unsaturated/α-hetero) is 1. The van der Waals surface area contributed by atoms with E-state index in [0.29, 0.717) is 5.56 Å². The highest BCUT2D eigenvalue weighted by atomic mass is 19.1. The second kappa shape index (κ2) is 6.48. The minimum absolute atomic E-state index is 0.0551. The first kappa shape index (κ1) is 13.8. The molecule has 0 unspecified atom stereocenters. The van der Waals surface area contributed by atoms with E-state index < -0.39 is 5.82 Å². The molecule has 4 heteroatoms. The van der Waals surface area contributed by atoms with Crippen LogP contribution in [0.1, 0.15) is 22.3 Å². The maximum Gasteiger partial charge on any atom is 0.166 e. The van der Waals surface area contributed by atoms with Gasteiger partial charge in [0.05, 0.1) is 6.61 Å². The molecule has 0 bridgehead atoms. The van der Waals surface area contributed by atoms with Crippen LogP contribution in [0.5, 0.6) is 5.75 Å². The Bertz CT molecular complexity index is 647. The molecule has 2 aromatic carbocycles. The smallest absolute Gasteiger partial charge is 0.166 e. The lowest BCUT2D eigenvalue weighted by Gasteiger charge is -2.07. The molecule has 0 fully saturated rings. The molecule has 0 aliphatic rings. The molecule has 0 aliphatic heterocycles. The van der Waals surface area contributed by atoms with E-state index in [4.69, 9.17) is 10.00 Å². The molecular formula is C16H12FNO2. The fourth-order valence-corrected chi connectivity index (χ4v) is 1.76. The molecule has 0 saturated heterocycles. The number of nitrogens with zero attached hydrogens (tertiary/aromatic N) is 1. The number of halogens is 1. The van der Waals surface area contributed by atoms with E-state index in [1.165, 1.54) is 18.2 Å². The first-order valence-corrected chi connectivity index (χ1v) is 6.12. The van der Waals surface area contributed by atoms with Crippen molar-refractivity contribution in [2.45, 2.75) is 6.42 Å². The van der Waals surface area contributed by atoms with E-state index in [9.17, 15) is 9.18 Å². The molecule has 2 aromatic rings. The number of carbonyl (C=O) groups is 1. The molecule has 100 valence electrons. The number of hydrogen-bond acceptors (Lipinski definition) is 3. The molecular weight excluding hydrogens is 257 g/mol. The predicted octanol–water partition coefficient (Wildman–Crippen LogP) is 3.35. The Morgan fingerprint density at radius 2 is 1.90 bits per heavy atom. The van der Waals surface area contributed by atoms with Gasteiger partial charge in [-0.2, -0.15) is 5.26 Å². The number of ether oxygens (including phenoxy) is 1. The minimum Gasteiger partial charge on any atom is -0.492 e. The van der Waals surface area contributed by atoms with E-state index in [2.05, 4.69) is 0 Å². The third-order valence-corrected chi connectivity index (χ3v) is 2.77. The first-order chi connectivity index (χ1) is 9.72. The van der Waals surface area contributed by atoms with E-state index in [1.54, 1.807) is 30.3 Å². The van der Waals surface area contributed by atoms with Crippen LogP contribution in [0.2, 0.25) is 0 Å². The van der Waals surface area contributed by atoms with Gasteiger partial charge in [-0.15, -0.1) is 0 Å². The van der Waals surface area contributed by atoms with Gasteiger partial charge in [-0.3, -0.25) is 4.79 Å². The SMILES string of the molecule is N#Cc1c(F)cccc1OCCC(=O)c1ccccc1. The Balaban J connectivity index is 1.96. The van der Waals surface area contributed by atoms with Gasteiger partial charge >= 0.3 is 0 Å². The van der Waals surface area contributed by atoms with Crippen molar-refractivity contribution in [2.75, 3.05) is 6.61 Å². The third-order valence-electron chi connectivity index (χ3n) is 2.77. The number of nitriles is 1. The molecule has 0 spiro atoms. The highest BCUT2D eigenvalue weighted by Gasteiger charge is 2.10. The lowest BCUT2D eigenvalue weighted by Crippen LogP contribution is -2.07. The van der Waals surface area contributed by atoms with Crippen LogP contribution in [0.15, 0.2) is 48.5 Å². The zero-order valence-corrected chi connectivity index (χ0v) is 10.7. The van der Waals surface area contributed by atoms with E-state index in [1.807, 2.05) is 6.07 Å². The average molecular weight is 269 g/mol. The number of hydrogen-bond donors (Lipinski definition) is 0. The summed E-state index contributed by atoms with van der Waals surface area (Å²) in [5.74, 6) is -0.520. The van der Waals surface area contributed by atoms with Crippen LogP contribution in [0.25, 0.3) is 0 Å². The first-order valence-electron chi connectivity index (χ1n) is 6.12. The van der Waals surface area contributed by atoms with Gasteiger partial charge in [0.15, 0.2) is 5.78 Å². The summed E-state index contributed by atoms with van der Waals surface area (Å²) in [7, 11) is 0. The summed E-state index contributed by atoms with van der Waals surface area (Å²) < 4.78 is 18.6. The second-order valence-corrected chi connectivity index (χ2v) is 4.11. The fourth-order valence-electron chi connectivity index (χ4n) is 1.76. The van der Waals surface area contributed by atoms with Gasteiger partial charge in [-0.1, -0.05) is 36.4 Å². The van der Waals surface area contributed by atoms with Crippen molar-refractivity contribution in [2.24, 2.45) is 0 Å². The summed E-state index contributed by atoms with van der Waals surface area (Å²) >= 11 is 0. The molecule has 20 heavy (non-hydrogen) atoms. The van der Waals surface area contributed by atoms with Gasteiger partial charge in [0, 0.05) is 12.0 Å². The molecule has 0 heterocycles. The van der Waals surface area contributed by atoms with Crippen LogP contribution in [0.4, 0.5) is 4.39 Å². The monoisotopic (exact) mass is 269 g/mol. The second-order valence-electron chi connectivity index (χ2n) is 4.11. The van der Waals surface area contributed by atoms with Crippen LogP contribution in [0, 0.1) is 17.1 Å². The zero-order chi connectivity index (χ0) is 14.4. The van der Waals surface area contributed by atoms with Crippen molar-refractivity contribution < 1.29 is 13.9 Å². The molecule has 0 atom stereocenters. The summed E-state index contributed by atoms with van der Waals surface area (Å²) in [5, 5.41) is 8.85. The Labute approximate surface area is 116 Å². The standard InChI is InChI=1S/C16H12FNO2/c17-14-7-4-8-16(13(14)11-18)20-10-9-15(19)12-5-2-1-3-6-12/h1-8H,9-10H2. The van der Waals surface area contributed by atoms with Crippen molar-refractivity contribution in [3.63, 3.8) is 0 Å². The Kier molecular flexibility index (Phi) is 4.46. The average Bonchev–Trinajstić information content (AvgIpc) is 2.48. The lowest BCUT2D eigenvalue weighted by molar-refractivity contribution is 0.0962. The highest BCUT2D eigenvalue weighted by molar-refractivity contribution is 5.96. The van der Waals surface area contributed by atoms with Crippen LogP contribution >= 0.6 is 0 Å². The van der Waals surface area contributed by atoms with Gasteiger partial charge in [0.1, 0.15) is 23.2 Å². The molecule has 2 rings (SSSR count). The van der Waals surface area contributed by atoms with Crippen LogP contribution < -0.4 is 4.74 Å². The Hall–Kier alpha value is -2.67. The summed E-state index contributed by atoms with van der Waals surface area (Å²) in [6.45, 7) is 0.103. The van der Waals surface area contributed by atoms with Crippen molar-refractivity contribution in [3.8, 4) is 11.8 Å². The van der Waals surface area contributed by atoms with Gasteiger partial charge in [-0.05, 0) is 12.1 Å². The Morgan fingerprint density at radius 3 is 2.60 bits per heavy atom. The molecule has 3 nitrogen and oxygen atoms in total. The van der Waals surface area contributed by atoms with Crippen molar-refractivity contribution in [1.29, 1.82) is 5.26 Å². The Morgan fingerprint density at radius 1 is 1.15 bits per heavy atom. The number of benzene rings is 2.